The highest BCUT2D eigenvalue weighted by atomic mass is 19.1. The fourth-order valence-corrected chi connectivity index (χ4v) is 4.50. The van der Waals surface area contributed by atoms with Crippen molar-refractivity contribution in [3.63, 3.8) is 0 Å². The van der Waals surface area contributed by atoms with Crippen molar-refractivity contribution in [3.05, 3.63) is 106 Å². The molecule has 1 aromatic heterocycles. The Morgan fingerprint density at radius 3 is 2.51 bits per heavy atom. The molecule has 1 amide bonds. The molecule has 178 valence electrons. The van der Waals surface area contributed by atoms with Crippen LogP contribution in [0, 0.1) is 5.82 Å². The lowest BCUT2D eigenvalue weighted by Crippen LogP contribution is -2.32. The van der Waals surface area contributed by atoms with Crippen molar-refractivity contribution in [2.24, 2.45) is 0 Å². The number of fused-ring (bicyclic) bond motifs is 2. The normalized spacial score (nSPS) is 15.1. The van der Waals surface area contributed by atoms with Crippen molar-refractivity contribution < 1.29 is 18.3 Å². The minimum atomic E-state index is -0.664. The van der Waals surface area contributed by atoms with Gasteiger partial charge in [-0.1, -0.05) is 30.3 Å². The molecule has 7 heteroatoms. The molecule has 0 spiro atoms. The Morgan fingerprint density at radius 1 is 0.971 bits per heavy atom. The van der Waals surface area contributed by atoms with Crippen molar-refractivity contribution in [2.75, 3.05) is 27.2 Å². The lowest BCUT2D eigenvalue weighted by Gasteiger charge is -2.26. The molecule has 1 unspecified atom stereocenters. The van der Waals surface area contributed by atoms with Crippen LogP contribution < -0.4 is 10.2 Å². The van der Waals surface area contributed by atoms with Crippen molar-refractivity contribution in [1.29, 1.82) is 0 Å². The Kier molecular flexibility index (Phi) is 6.09. The molecular weight excluding hydrogens is 447 g/mol. The van der Waals surface area contributed by atoms with Crippen molar-refractivity contribution in [2.45, 2.75) is 12.5 Å². The van der Waals surface area contributed by atoms with Gasteiger partial charge < -0.3 is 19.0 Å². The Bertz CT molecular complexity index is 1450. The van der Waals surface area contributed by atoms with E-state index in [9.17, 15) is 14.0 Å². The van der Waals surface area contributed by atoms with E-state index in [0.29, 0.717) is 24.5 Å². The smallest absolute Gasteiger partial charge is 0.290 e. The SMILES string of the molecule is CN(C)CCCN1C(=O)c2oc3ccc(F)cc3c(=O)c2C1c1cccc(Oc2ccccc2)c1. The van der Waals surface area contributed by atoms with Gasteiger partial charge in [0.15, 0.2) is 5.43 Å². The number of carbonyl (C=O) groups excluding carboxylic acids is 1. The molecule has 3 aromatic carbocycles. The summed E-state index contributed by atoms with van der Waals surface area (Å²) in [5.41, 5.74) is 0.746. The first-order valence-electron chi connectivity index (χ1n) is 11.5. The fourth-order valence-electron chi connectivity index (χ4n) is 4.50. The Labute approximate surface area is 202 Å². The molecule has 1 atom stereocenters. The van der Waals surface area contributed by atoms with Gasteiger partial charge in [0.1, 0.15) is 22.9 Å². The highest BCUT2D eigenvalue weighted by molar-refractivity contribution is 5.99. The zero-order valence-corrected chi connectivity index (χ0v) is 19.5. The van der Waals surface area contributed by atoms with Crippen LogP contribution >= 0.6 is 0 Å². The molecular formula is C28H25FN2O4. The van der Waals surface area contributed by atoms with Gasteiger partial charge in [-0.05, 0) is 75.1 Å². The zero-order chi connectivity index (χ0) is 24.5. The van der Waals surface area contributed by atoms with E-state index in [2.05, 4.69) is 0 Å². The first-order chi connectivity index (χ1) is 16.9. The third kappa shape index (κ3) is 4.42. The molecule has 0 radical (unpaired) electrons. The van der Waals surface area contributed by atoms with Gasteiger partial charge in [0.05, 0.1) is 17.0 Å². The van der Waals surface area contributed by atoms with Crippen LogP contribution in [0.2, 0.25) is 0 Å². The maximum Gasteiger partial charge on any atom is 0.290 e. The van der Waals surface area contributed by atoms with E-state index in [1.165, 1.54) is 12.1 Å². The largest absolute Gasteiger partial charge is 0.457 e. The second-order valence-electron chi connectivity index (χ2n) is 8.86. The maximum atomic E-state index is 14.0. The van der Waals surface area contributed by atoms with E-state index < -0.39 is 17.3 Å². The highest BCUT2D eigenvalue weighted by Gasteiger charge is 2.42. The van der Waals surface area contributed by atoms with Gasteiger partial charge in [-0.2, -0.15) is 0 Å². The lowest BCUT2D eigenvalue weighted by molar-refractivity contribution is 0.0722. The third-order valence-electron chi connectivity index (χ3n) is 6.08. The zero-order valence-electron chi connectivity index (χ0n) is 19.5. The number of carbonyl (C=O) groups is 1. The second-order valence-corrected chi connectivity index (χ2v) is 8.86. The number of hydrogen-bond donors (Lipinski definition) is 0. The van der Waals surface area contributed by atoms with Crippen LogP contribution in [0.15, 0.2) is 82.0 Å². The maximum absolute atomic E-state index is 14.0. The topological polar surface area (TPSA) is 63.0 Å². The summed E-state index contributed by atoms with van der Waals surface area (Å²) >= 11 is 0. The van der Waals surface area contributed by atoms with Gasteiger partial charge in [0.25, 0.3) is 5.91 Å². The molecule has 35 heavy (non-hydrogen) atoms. The van der Waals surface area contributed by atoms with Crippen LogP contribution in [0.5, 0.6) is 11.5 Å². The molecule has 6 nitrogen and oxygen atoms in total. The standard InChI is InChI=1S/C28H25FN2O4/c1-30(2)14-7-15-31-25(18-8-6-11-21(16-18)34-20-9-4-3-5-10-20)24-26(32)22-17-19(29)12-13-23(22)35-27(24)28(31)33/h3-6,8-13,16-17,25H,7,14-15H2,1-2H3. The molecule has 0 fully saturated rings. The minimum Gasteiger partial charge on any atom is -0.457 e. The molecule has 0 saturated heterocycles. The quantitative estimate of drug-likeness (QED) is 0.369. The molecule has 1 aliphatic rings. The average molecular weight is 473 g/mol. The molecule has 1 aliphatic heterocycles. The Balaban J connectivity index is 1.61. The van der Waals surface area contributed by atoms with Gasteiger partial charge >= 0.3 is 0 Å². The molecule has 4 aromatic rings. The van der Waals surface area contributed by atoms with Crippen LogP contribution in [0.25, 0.3) is 11.0 Å². The summed E-state index contributed by atoms with van der Waals surface area (Å²) in [6, 6.07) is 19.8. The summed E-state index contributed by atoms with van der Waals surface area (Å²) in [6.07, 6.45) is 0.714. The van der Waals surface area contributed by atoms with Gasteiger partial charge in [-0.25, -0.2) is 4.39 Å². The van der Waals surface area contributed by atoms with Crippen LogP contribution in [0.1, 0.15) is 34.1 Å². The Hall–Kier alpha value is -3.97. The van der Waals surface area contributed by atoms with E-state index in [4.69, 9.17) is 9.15 Å². The summed E-state index contributed by atoms with van der Waals surface area (Å²) in [5.74, 6) is 0.391. The summed E-state index contributed by atoms with van der Waals surface area (Å²) in [6.45, 7) is 1.21. The van der Waals surface area contributed by atoms with Crippen molar-refractivity contribution in [3.8, 4) is 11.5 Å². The number of ether oxygens (including phenoxy) is 1. The van der Waals surface area contributed by atoms with Gasteiger partial charge in [-0.15, -0.1) is 0 Å². The number of halogens is 1. The van der Waals surface area contributed by atoms with Crippen LogP contribution in [0.4, 0.5) is 4.39 Å². The number of nitrogens with zero attached hydrogens (tertiary/aromatic N) is 2. The molecule has 2 heterocycles. The number of benzene rings is 3. The molecule has 0 aliphatic carbocycles. The van der Waals surface area contributed by atoms with Crippen molar-refractivity contribution >= 4 is 16.9 Å². The number of para-hydroxylation sites is 1. The average Bonchev–Trinajstić information content (AvgIpc) is 3.12. The van der Waals surface area contributed by atoms with Gasteiger partial charge in [0.2, 0.25) is 5.76 Å². The summed E-state index contributed by atoms with van der Waals surface area (Å²) < 4.78 is 25.8. The van der Waals surface area contributed by atoms with Crippen LogP contribution in [0.3, 0.4) is 0 Å². The second kappa shape index (κ2) is 9.35. The van der Waals surface area contributed by atoms with Gasteiger partial charge in [0, 0.05) is 6.54 Å². The monoisotopic (exact) mass is 472 g/mol. The lowest BCUT2D eigenvalue weighted by atomic mass is 9.98. The summed E-state index contributed by atoms with van der Waals surface area (Å²) in [5, 5.41) is 0.119. The Morgan fingerprint density at radius 2 is 1.74 bits per heavy atom. The summed E-state index contributed by atoms with van der Waals surface area (Å²) in [4.78, 5) is 30.7. The van der Waals surface area contributed by atoms with Crippen molar-refractivity contribution in [1.82, 2.24) is 9.80 Å². The van der Waals surface area contributed by atoms with Crippen LogP contribution in [-0.2, 0) is 0 Å². The van der Waals surface area contributed by atoms with E-state index >= 15 is 0 Å². The highest BCUT2D eigenvalue weighted by Crippen LogP contribution is 2.39. The van der Waals surface area contributed by atoms with E-state index in [1.54, 1.807) is 4.90 Å². The van der Waals surface area contributed by atoms with E-state index in [-0.39, 0.29) is 28.2 Å². The fraction of sp³-hybridized carbons (Fsp3) is 0.214. The number of rotatable bonds is 7. The predicted octanol–water partition coefficient (Wildman–Crippen LogP) is 5.22. The van der Waals surface area contributed by atoms with Crippen LogP contribution in [-0.4, -0.2) is 42.9 Å². The van der Waals surface area contributed by atoms with E-state index in [0.717, 1.165) is 18.2 Å². The van der Waals surface area contributed by atoms with E-state index in [1.807, 2.05) is 73.6 Å². The first kappa shape index (κ1) is 22.8. The number of amides is 1. The molecule has 5 rings (SSSR count). The number of hydrogen-bond acceptors (Lipinski definition) is 5. The van der Waals surface area contributed by atoms with Gasteiger partial charge in [-0.3, -0.25) is 9.59 Å². The minimum absolute atomic E-state index is 0.0124. The molecule has 0 bridgehead atoms. The molecule has 0 N–H and O–H groups in total. The predicted molar refractivity (Wildman–Crippen MR) is 131 cm³/mol. The summed E-state index contributed by atoms with van der Waals surface area (Å²) in [7, 11) is 3.93. The first-order valence-corrected chi connectivity index (χ1v) is 11.5. The molecule has 0 saturated carbocycles. The third-order valence-corrected chi connectivity index (χ3v) is 6.08.